The molecule has 0 aliphatic heterocycles. The smallest absolute Gasteiger partial charge is 0.307 e. The highest BCUT2D eigenvalue weighted by Crippen LogP contribution is 2.14. The molecule has 0 spiro atoms. The van der Waals surface area contributed by atoms with Gasteiger partial charge >= 0.3 is 11.9 Å². The molecule has 0 unspecified atom stereocenters. The van der Waals surface area contributed by atoms with Gasteiger partial charge in [0.25, 0.3) is 0 Å². The molecular formula is C23H46NO4+. The van der Waals surface area contributed by atoms with Crippen LogP contribution in [0.15, 0.2) is 0 Å². The Bertz CT molecular complexity index is 490. The lowest BCUT2D eigenvalue weighted by molar-refractivity contribution is -0.873. The molecule has 0 radical (unpaired) electrons. The third kappa shape index (κ3) is 19.7. The first kappa shape index (κ1) is 21.6. The maximum Gasteiger partial charge on any atom is 0.307 e. The predicted octanol–water partition coefficient (Wildman–Crippen LogP) is 5.56. The SMILES string of the molecule is [2H]C([2H])([2H])CCCCCCCCCCCCCCC(=O)O[C@H](CC(=O)O)C[N+](C)(C)C. The van der Waals surface area contributed by atoms with E-state index < -0.39 is 18.9 Å². The van der Waals surface area contributed by atoms with E-state index in [0.29, 0.717) is 23.9 Å². The van der Waals surface area contributed by atoms with E-state index in [0.717, 1.165) is 38.5 Å². The Hall–Kier alpha value is -1.10. The summed E-state index contributed by atoms with van der Waals surface area (Å²) in [4.78, 5) is 23.0. The van der Waals surface area contributed by atoms with Crippen molar-refractivity contribution in [1.29, 1.82) is 0 Å². The third-order valence-electron chi connectivity index (χ3n) is 4.76. The predicted molar refractivity (Wildman–Crippen MR) is 115 cm³/mol. The molecule has 0 rings (SSSR count). The normalized spacial score (nSPS) is 14.8. The lowest BCUT2D eigenvalue weighted by Crippen LogP contribution is -2.43. The van der Waals surface area contributed by atoms with Crippen molar-refractivity contribution in [2.45, 2.75) is 109 Å². The van der Waals surface area contributed by atoms with Crippen LogP contribution in [0.1, 0.15) is 107 Å². The fraction of sp³-hybridized carbons (Fsp3) is 0.913. The number of ether oxygens (including phenoxy) is 1. The first-order chi connectivity index (χ1) is 14.4. The molecular weight excluding hydrogens is 354 g/mol. The summed E-state index contributed by atoms with van der Waals surface area (Å²) in [6.07, 6.45) is 13.1. The van der Waals surface area contributed by atoms with Gasteiger partial charge in [-0.1, -0.05) is 83.9 Å². The van der Waals surface area contributed by atoms with Gasteiger partial charge in [0.2, 0.25) is 0 Å². The minimum atomic E-state index is -1.77. The van der Waals surface area contributed by atoms with E-state index in [2.05, 4.69) is 0 Å². The van der Waals surface area contributed by atoms with Crippen LogP contribution in [-0.4, -0.2) is 55.3 Å². The highest BCUT2D eigenvalue weighted by molar-refractivity contribution is 5.71. The molecule has 0 saturated heterocycles. The van der Waals surface area contributed by atoms with E-state index in [-0.39, 0.29) is 12.4 Å². The number of carboxylic acid groups (broad SMARTS) is 1. The zero-order valence-electron chi connectivity index (χ0n) is 21.5. The number of esters is 1. The van der Waals surface area contributed by atoms with Crippen LogP contribution in [0.25, 0.3) is 0 Å². The standard InChI is InChI=1S/C23H45NO4/c1-5-6-7-8-9-10-11-12-13-14-15-16-17-18-23(27)28-21(19-22(25)26)20-24(2,3)4/h21H,5-20H2,1-4H3/p+1/t21-/m1/s1/i1D3. The van der Waals surface area contributed by atoms with Crippen molar-refractivity contribution in [3.05, 3.63) is 0 Å². The quantitative estimate of drug-likeness (QED) is 0.174. The number of carbonyl (C=O) groups is 2. The van der Waals surface area contributed by atoms with Crippen LogP contribution in [0.4, 0.5) is 0 Å². The number of aliphatic carboxylic acids is 1. The average molecular weight is 404 g/mol. The number of nitrogens with zero attached hydrogens (tertiary/aromatic N) is 1. The van der Waals surface area contributed by atoms with Gasteiger partial charge < -0.3 is 14.3 Å². The Labute approximate surface area is 177 Å². The van der Waals surface area contributed by atoms with Crippen LogP contribution in [0.2, 0.25) is 0 Å². The van der Waals surface area contributed by atoms with Gasteiger partial charge in [0, 0.05) is 10.5 Å². The summed E-state index contributed by atoms with van der Waals surface area (Å²) in [6.45, 7) is -1.28. The Morgan fingerprint density at radius 1 is 0.857 bits per heavy atom. The van der Waals surface area contributed by atoms with Gasteiger partial charge in [-0.05, 0) is 6.42 Å². The van der Waals surface area contributed by atoms with Crippen molar-refractivity contribution >= 4 is 11.9 Å². The molecule has 0 aliphatic rings. The second kappa shape index (κ2) is 16.8. The lowest BCUT2D eigenvalue weighted by Gasteiger charge is -2.28. The van der Waals surface area contributed by atoms with Crippen LogP contribution in [0.5, 0.6) is 0 Å². The number of quaternary nitrogens is 1. The lowest BCUT2D eigenvalue weighted by atomic mass is 10.0. The van der Waals surface area contributed by atoms with E-state index in [4.69, 9.17) is 14.0 Å². The molecule has 5 heteroatoms. The number of rotatable bonds is 19. The maximum atomic E-state index is 12.0. The zero-order chi connectivity index (χ0) is 23.8. The number of carboxylic acids is 1. The van der Waals surface area contributed by atoms with Crippen LogP contribution < -0.4 is 0 Å². The van der Waals surface area contributed by atoms with Crippen molar-refractivity contribution in [3.8, 4) is 0 Å². The summed E-state index contributed by atoms with van der Waals surface area (Å²) in [5, 5.41) is 9.00. The minimum Gasteiger partial charge on any atom is -0.481 e. The van der Waals surface area contributed by atoms with Gasteiger partial charge in [-0.2, -0.15) is 0 Å². The van der Waals surface area contributed by atoms with Gasteiger partial charge in [0.15, 0.2) is 6.10 Å². The summed E-state index contributed by atoms with van der Waals surface area (Å²) in [5.41, 5.74) is 0. The second-order valence-electron chi connectivity index (χ2n) is 8.93. The molecule has 5 nitrogen and oxygen atoms in total. The van der Waals surface area contributed by atoms with E-state index in [9.17, 15) is 9.59 Å². The van der Waals surface area contributed by atoms with Crippen LogP contribution in [0, 0.1) is 0 Å². The van der Waals surface area contributed by atoms with Crippen LogP contribution >= 0.6 is 0 Å². The Morgan fingerprint density at radius 2 is 1.32 bits per heavy atom. The van der Waals surface area contributed by atoms with Crippen molar-refractivity contribution in [3.63, 3.8) is 0 Å². The minimum absolute atomic E-state index is 0.149. The van der Waals surface area contributed by atoms with Gasteiger partial charge in [0.1, 0.15) is 6.54 Å². The van der Waals surface area contributed by atoms with Gasteiger partial charge in [-0.3, -0.25) is 9.59 Å². The fourth-order valence-electron chi connectivity index (χ4n) is 3.36. The third-order valence-corrected chi connectivity index (χ3v) is 4.76. The summed E-state index contributed by atoms with van der Waals surface area (Å²) in [6, 6.07) is 0. The summed E-state index contributed by atoms with van der Waals surface area (Å²) >= 11 is 0. The number of carbonyl (C=O) groups excluding carboxylic acids is 1. The molecule has 0 heterocycles. The summed E-state index contributed by atoms with van der Waals surface area (Å²) in [7, 11) is 5.85. The van der Waals surface area contributed by atoms with Crippen molar-refractivity contribution in [2.75, 3.05) is 27.7 Å². The first-order valence-electron chi connectivity index (χ1n) is 12.6. The van der Waals surface area contributed by atoms with Gasteiger partial charge in [0.05, 0.1) is 27.6 Å². The average Bonchev–Trinajstić information content (AvgIpc) is 2.59. The van der Waals surface area contributed by atoms with Crippen molar-refractivity contribution in [1.82, 2.24) is 0 Å². The van der Waals surface area contributed by atoms with Crippen LogP contribution in [-0.2, 0) is 14.3 Å². The molecule has 28 heavy (non-hydrogen) atoms. The van der Waals surface area contributed by atoms with E-state index in [1.54, 1.807) is 0 Å². The number of likely N-dealkylation sites (N-methyl/N-ethyl adjacent to an activating group) is 1. The van der Waals surface area contributed by atoms with Gasteiger partial charge in [-0.25, -0.2) is 0 Å². The molecule has 0 aromatic heterocycles. The largest absolute Gasteiger partial charge is 0.481 e. The van der Waals surface area contributed by atoms with Crippen molar-refractivity contribution < 1.29 is 28.0 Å². The highest BCUT2D eigenvalue weighted by atomic mass is 16.5. The Kier molecular flexibility index (Phi) is 13.0. The van der Waals surface area contributed by atoms with E-state index in [1.165, 1.54) is 38.5 Å². The molecule has 0 fully saturated rings. The van der Waals surface area contributed by atoms with E-state index in [1.807, 2.05) is 21.1 Å². The monoisotopic (exact) mass is 403 g/mol. The highest BCUT2D eigenvalue weighted by Gasteiger charge is 2.24. The number of unbranched alkanes of at least 4 members (excludes halogenated alkanes) is 11. The molecule has 0 saturated carbocycles. The molecule has 166 valence electrons. The number of hydrogen-bond donors (Lipinski definition) is 1. The molecule has 1 atom stereocenters. The summed E-state index contributed by atoms with van der Waals surface area (Å²) in [5.74, 6) is -1.24. The molecule has 0 aromatic carbocycles. The zero-order valence-corrected chi connectivity index (χ0v) is 18.5. The molecule has 0 bridgehead atoms. The molecule has 0 aliphatic carbocycles. The van der Waals surface area contributed by atoms with Gasteiger partial charge in [-0.15, -0.1) is 0 Å². The maximum absolute atomic E-state index is 12.0. The topological polar surface area (TPSA) is 63.6 Å². The second-order valence-corrected chi connectivity index (χ2v) is 8.93. The fourth-order valence-corrected chi connectivity index (χ4v) is 3.36. The molecule has 0 amide bonds. The summed E-state index contributed by atoms with van der Waals surface area (Å²) < 4.78 is 27.5. The Balaban J connectivity index is 3.59. The Morgan fingerprint density at radius 3 is 1.75 bits per heavy atom. The van der Waals surface area contributed by atoms with Crippen LogP contribution in [0.3, 0.4) is 0 Å². The molecule has 0 aromatic rings. The first-order valence-corrected chi connectivity index (χ1v) is 11.1. The van der Waals surface area contributed by atoms with Crippen molar-refractivity contribution in [2.24, 2.45) is 0 Å². The molecule has 1 N–H and O–H groups in total. The van der Waals surface area contributed by atoms with E-state index >= 15 is 0 Å². The number of hydrogen-bond acceptors (Lipinski definition) is 3.